The van der Waals surface area contributed by atoms with Gasteiger partial charge in [0.1, 0.15) is 0 Å². The van der Waals surface area contributed by atoms with Crippen LogP contribution in [0.2, 0.25) is 0 Å². The molecule has 6 atom stereocenters. The van der Waals surface area contributed by atoms with Crippen LogP contribution in [0, 0.1) is 11.8 Å². The number of aliphatic hydroxyl groups is 5. The second-order valence-corrected chi connectivity index (χ2v) is 9.64. The lowest BCUT2D eigenvalue weighted by molar-refractivity contribution is -0.154. The highest BCUT2D eigenvalue weighted by atomic mass is 16.6. The van der Waals surface area contributed by atoms with E-state index < -0.39 is 65.7 Å². The van der Waals surface area contributed by atoms with Crippen molar-refractivity contribution >= 4 is 23.9 Å². The average molecular weight is 523 g/mol. The first-order chi connectivity index (χ1) is 17.6. The van der Waals surface area contributed by atoms with Crippen molar-refractivity contribution in [2.24, 2.45) is 11.8 Å². The van der Waals surface area contributed by atoms with E-state index in [4.69, 9.17) is 14.6 Å². The van der Waals surface area contributed by atoms with Gasteiger partial charge in [0.05, 0.1) is 47.7 Å². The Balaban J connectivity index is 2.08. The van der Waals surface area contributed by atoms with Crippen LogP contribution in [0.25, 0.3) is 0 Å². The molecule has 3 aliphatic rings. The van der Waals surface area contributed by atoms with Gasteiger partial charge in [0.25, 0.3) is 0 Å². The Hall–Kier alpha value is -2.70. The van der Waals surface area contributed by atoms with Crippen molar-refractivity contribution in [2.75, 3.05) is 6.61 Å². The molecule has 2 heterocycles. The Labute approximate surface area is 214 Å². The zero-order valence-corrected chi connectivity index (χ0v) is 20.7. The normalized spacial score (nSPS) is 26.9. The van der Waals surface area contributed by atoms with E-state index in [0.29, 0.717) is 6.42 Å². The summed E-state index contributed by atoms with van der Waals surface area (Å²) in [6, 6.07) is 0. The number of carbonyl (C=O) groups excluding carboxylic acids is 4. The molecule has 0 fully saturated rings. The van der Waals surface area contributed by atoms with Crippen LogP contribution in [0.15, 0.2) is 34.4 Å². The van der Waals surface area contributed by atoms with Crippen LogP contribution in [-0.2, 0) is 28.7 Å². The van der Waals surface area contributed by atoms with Gasteiger partial charge in [0.2, 0.25) is 0 Å². The quantitative estimate of drug-likeness (QED) is 0.107. The molecular formula is C26H34O11. The number of carbonyl (C=O) groups is 4. The van der Waals surface area contributed by atoms with Crippen molar-refractivity contribution in [1.82, 2.24) is 0 Å². The molecule has 0 radical (unpaired) electrons. The highest BCUT2D eigenvalue weighted by Gasteiger charge is 2.51. The Morgan fingerprint density at radius 3 is 2.05 bits per heavy atom. The maximum absolute atomic E-state index is 12.8. The van der Waals surface area contributed by atoms with Gasteiger partial charge in [-0.3, -0.25) is 0 Å². The van der Waals surface area contributed by atoms with E-state index >= 15 is 0 Å². The summed E-state index contributed by atoms with van der Waals surface area (Å²) in [6.07, 6.45) is -0.760. The Morgan fingerprint density at radius 1 is 0.865 bits per heavy atom. The first-order valence-corrected chi connectivity index (χ1v) is 12.6. The molecule has 204 valence electrons. The number of cyclic esters (lactones) is 4. The van der Waals surface area contributed by atoms with Gasteiger partial charge >= 0.3 is 23.9 Å². The van der Waals surface area contributed by atoms with Crippen LogP contribution in [0.4, 0.5) is 0 Å². The Kier molecular flexibility index (Phi) is 9.91. The fourth-order valence-corrected chi connectivity index (χ4v) is 5.19. The van der Waals surface area contributed by atoms with E-state index in [9.17, 15) is 39.6 Å². The predicted molar refractivity (Wildman–Crippen MR) is 126 cm³/mol. The summed E-state index contributed by atoms with van der Waals surface area (Å²) in [5, 5.41) is 52.7. The fourth-order valence-electron chi connectivity index (χ4n) is 5.19. The molecule has 0 spiro atoms. The van der Waals surface area contributed by atoms with Crippen molar-refractivity contribution in [1.29, 1.82) is 0 Å². The molecule has 0 aromatic heterocycles. The topological polar surface area (TPSA) is 188 Å². The Bertz CT molecular complexity index is 1010. The van der Waals surface area contributed by atoms with Gasteiger partial charge in [-0.1, -0.05) is 44.8 Å². The minimum absolute atomic E-state index is 0.0650. The van der Waals surface area contributed by atoms with Crippen molar-refractivity contribution < 1.29 is 54.2 Å². The summed E-state index contributed by atoms with van der Waals surface area (Å²) in [7, 11) is 0. The summed E-state index contributed by atoms with van der Waals surface area (Å²) in [6.45, 7) is 1.73. The van der Waals surface area contributed by atoms with Gasteiger partial charge in [-0.2, -0.15) is 0 Å². The molecule has 0 saturated carbocycles. The van der Waals surface area contributed by atoms with Crippen LogP contribution >= 0.6 is 0 Å². The summed E-state index contributed by atoms with van der Waals surface area (Å²) >= 11 is 0. The van der Waals surface area contributed by atoms with Crippen molar-refractivity contribution in [3.05, 3.63) is 34.4 Å². The molecule has 6 unspecified atom stereocenters. The van der Waals surface area contributed by atoms with Crippen LogP contribution in [0.5, 0.6) is 0 Å². The molecule has 2 aliphatic heterocycles. The third-order valence-corrected chi connectivity index (χ3v) is 7.15. The van der Waals surface area contributed by atoms with Crippen molar-refractivity contribution in [3.63, 3.8) is 0 Å². The highest BCUT2D eigenvalue weighted by Crippen LogP contribution is 2.42. The average Bonchev–Trinajstić information content (AvgIpc) is 3.30. The van der Waals surface area contributed by atoms with Gasteiger partial charge in [-0.05, 0) is 31.6 Å². The van der Waals surface area contributed by atoms with Gasteiger partial charge in [-0.25, -0.2) is 19.2 Å². The minimum atomic E-state index is -1.85. The van der Waals surface area contributed by atoms with E-state index in [2.05, 4.69) is 0 Å². The number of hydrogen-bond acceptors (Lipinski definition) is 11. The van der Waals surface area contributed by atoms with E-state index in [1.165, 1.54) is 12.2 Å². The lowest BCUT2D eigenvalue weighted by Gasteiger charge is -2.28. The Morgan fingerprint density at radius 2 is 1.46 bits per heavy atom. The van der Waals surface area contributed by atoms with Crippen molar-refractivity contribution in [2.45, 2.75) is 82.7 Å². The van der Waals surface area contributed by atoms with Crippen LogP contribution < -0.4 is 0 Å². The third kappa shape index (κ3) is 6.24. The maximum Gasteiger partial charge on any atom is 0.345 e. The number of rotatable bonds is 11. The zero-order chi connectivity index (χ0) is 27.3. The maximum atomic E-state index is 12.8. The number of unbranched alkanes of at least 4 members (excludes halogenated alkanes) is 3. The third-order valence-electron chi connectivity index (χ3n) is 7.15. The summed E-state index contributed by atoms with van der Waals surface area (Å²) in [4.78, 5) is 50.6. The summed E-state index contributed by atoms with van der Waals surface area (Å²) in [5.41, 5.74) is -1.20. The summed E-state index contributed by atoms with van der Waals surface area (Å²) < 4.78 is 9.53. The first kappa shape index (κ1) is 28.9. The largest absolute Gasteiger partial charge is 0.392 e. The smallest absolute Gasteiger partial charge is 0.345 e. The van der Waals surface area contributed by atoms with Crippen LogP contribution in [-0.4, -0.2) is 80.4 Å². The van der Waals surface area contributed by atoms with E-state index in [1.54, 1.807) is 0 Å². The van der Waals surface area contributed by atoms with Crippen molar-refractivity contribution in [3.8, 4) is 0 Å². The van der Waals surface area contributed by atoms with Gasteiger partial charge in [0.15, 0.2) is 0 Å². The zero-order valence-electron chi connectivity index (χ0n) is 20.7. The number of esters is 4. The minimum Gasteiger partial charge on any atom is -0.392 e. The van der Waals surface area contributed by atoms with Gasteiger partial charge in [0, 0.05) is 11.5 Å². The molecule has 0 saturated heterocycles. The molecule has 0 aromatic carbocycles. The number of aliphatic hydroxyl groups excluding tert-OH is 5. The molecule has 3 rings (SSSR count). The lowest BCUT2D eigenvalue weighted by Crippen LogP contribution is -2.38. The standard InChI is InChI=1S/C26H34O11/c1-2-3-4-5-8-16(28)20-18-14(23(32)36-25(18)34)11-13(21(30)17(29)9-6-7-10-27)12-15-19(22(20)31)26(35)37-24(15)33/h6-7,13,16-17,20-22,27-31H,2-5,8-12H2,1H3. The molecule has 11 nitrogen and oxygen atoms in total. The SMILES string of the molecule is CCCCCCC(O)C1C2=C(CC(C(O)C(O)CC=CCO)CC3=C(C(=O)OC3=O)C1O)C(=O)OC2=O. The molecule has 11 heteroatoms. The second-order valence-electron chi connectivity index (χ2n) is 9.64. The molecule has 1 aliphatic carbocycles. The highest BCUT2D eigenvalue weighted by molar-refractivity contribution is 6.15. The second kappa shape index (κ2) is 12.7. The molecule has 0 bridgehead atoms. The van der Waals surface area contributed by atoms with Gasteiger partial charge < -0.3 is 35.0 Å². The van der Waals surface area contributed by atoms with Crippen LogP contribution in [0.1, 0.15) is 58.3 Å². The van der Waals surface area contributed by atoms with E-state index in [0.717, 1.165) is 19.3 Å². The molecule has 37 heavy (non-hydrogen) atoms. The summed E-state index contributed by atoms with van der Waals surface area (Å²) in [5.74, 6) is -6.80. The molecular weight excluding hydrogens is 488 g/mol. The molecule has 0 aromatic rings. The van der Waals surface area contributed by atoms with Gasteiger partial charge in [-0.15, -0.1) is 0 Å². The first-order valence-electron chi connectivity index (χ1n) is 12.6. The lowest BCUT2D eigenvalue weighted by atomic mass is 9.80. The van der Waals surface area contributed by atoms with E-state index in [1.807, 2.05) is 6.92 Å². The predicted octanol–water partition coefficient (Wildman–Crippen LogP) is 0.125. The fraction of sp³-hybridized carbons (Fsp3) is 0.615. The monoisotopic (exact) mass is 522 g/mol. The number of hydrogen-bond donors (Lipinski definition) is 5. The molecule has 5 N–H and O–H groups in total. The number of ether oxygens (including phenoxy) is 2. The van der Waals surface area contributed by atoms with E-state index in [-0.39, 0.29) is 49.0 Å². The molecule has 0 amide bonds. The van der Waals surface area contributed by atoms with Crippen LogP contribution in [0.3, 0.4) is 0 Å².